The fourth-order valence-corrected chi connectivity index (χ4v) is 4.81. The summed E-state index contributed by atoms with van der Waals surface area (Å²) in [7, 11) is 1.87. The summed E-state index contributed by atoms with van der Waals surface area (Å²) < 4.78 is 3.54. The largest absolute Gasteiger partial charge is 0.360 e. The molecule has 1 N–H and O–H groups in total. The van der Waals surface area contributed by atoms with Crippen molar-refractivity contribution in [1.29, 1.82) is 0 Å². The van der Waals surface area contributed by atoms with E-state index in [1.54, 1.807) is 21.6 Å². The zero-order valence-electron chi connectivity index (χ0n) is 20.8. The summed E-state index contributed by atoms with van der Waals surface area (Å²) in [6, 6.07) is 19.5. The lowest BCUT2D eigenvalue weighted by Crippen LogP contribution is -2.26. The summed E-state index contributed by atoms with van der Waals surface area (Å²) in [5.74, 6) is 0.616. The molecule has 6 aromatic rings. The van der Waals surface area contributed by atoms with E-state index in [0.29, 0.717) is 16.7 Å². The van der Waals surface area contributed by atoms with Crippen LogP contribution in [-0.4, -0.2) is 29.3 Å². The molecule has 0 saturated carbocycles. The zero-order chi connectivity index (χ0) is 25.5. The molecule has 37 heavy (non-hydrogen) atoms. The van der Waals surface area contributed by atoms with Gasteiger partial charge in [0, 0.05) is 36.4 Å². The lowest BCUT2D eigenvalue weighted by atomic mass is 9.99. The first-order valence-corrected chi connectivity index (χ1v) is 12.1. The topological polar surface area (TPSA) is 90.5 Å². The molecule has 1 atom stereocenters. The number of anilines is 1. The standard InChI is InChI=1S/C29H25N7O/c1-18-7-4-9-22(13-18)36-25(19(2)34-28-27-24(31-17-32-28)11-6-12-30-27)14-20-8-5-10-23(26(20)29(36)37)21-15-33-35(3)16-21/h4-17,19H,1-3H3,(H,31,32,34)/t19-/m0/s1. The fraction of sp³-hybridized carbons (Fsp3) is 0.138. The molecule has 8 nitrogen and oxygen atoms in total. The normalized spacial score (nSPS) is 12.2. The van der Waals surface area contributed by atoms with E-state index in [1.165, 1.54) is 6.33 Å². The van der Waals surface area contributed by atoms with Gasteiger partial charge in [-0.05, 0) is 60.7 Å². The first-order valence-electron chi connectivity index (χ1n) is 12.1. The third-order valence-electron chi connectivity index (χ3n) is 6.54. The molecule has 0 saturated heterocycles. The summed E-state index contributed by atoms with van der Waals surface area (Å²) in [5, 5.41) is 9.32. The molecule has 0 radical (unpaired) electrons. The first-order chi connectivity index (χ1) is 18.0. The third kappa shape index (κ3) is 4.02. The molecule has 0 spiro atoms. The summed E-state index contributed by atoms with van der Waals surface area (Å²) in [4.78, 5) is 27.5. The average Bonchev–Trinajstić information content (AvgIpc) is 3.34. The minimum Gasteiger partial charge on any atom is -0.360 e. The van der Waals surface area contributed by atoms with Crippen molar-refractivity contribution in [3.8, 4) is 16.8 Å². The van der Waals surface area contributed by atoms with Gasteiger partial charge in [-0.25, -0.2) is 9.97 Å². The molecule has 0 aliphatic rings. The van der Waals surface area contributed by atoms with Gasteiger partial charge in [-0.1, -0.05) is 30.3 Å². The second-order valence-corrected chi connectivity index (χ2v) is 9.18. The summed E-state index contributed by atoms with van der Waals surface area (Å²) in [6.07, 6.45) is 6.96. The van der Waals surface area contributed by atoms with Gasteiger partial charge in [0.25, 0.3) is 5.56 Å². The van der Waals surface area contributed by atoms with Gasteiger partial charge in [0.15, 0.2) is 5.82 Å². The van der Waals surface area contributed by atoms with Crippen LogP contribution in [0.15, 0.2) is 90.4 Å². The predicted octanol–water partition coefficient (Wildman–Crippen LogP) is 5.21. The Kier molecular flexibility index (Phi) is 5.49. The number of pyridine rings is 2. The van der Waals surface area contributed by atoms with Crippen molar-refractivity contribution in [3.63, 3.8) is 0 Å². The molecule has 6 rings (SSSR count). The minimum absolute atomic E-state index is 0.0862. The molecule has 0 aliphatic heterocycles. The highest BCUT2D eigenvalue weighted by molar-refractivity contribution is 5.96. The number of aryl methyl sites for hydroxylation is 2. The van der Waals surface area contributed by atoms with Crippen LogP contribution in [0.5, 0.6) is 0 Å². The molecule has 0 fully saturated rings. The molecule has 0 amide bonds. The van der Waals surface area contributed by atoms with Crippen LogP contribution >= 0.6 is 0 Å². The summed E-state index contributed by atoms with van der Waals surface area (Å²) >= 11 is 0. The van der Waals surface area contributed by atoms with E-state index in [1.807, 2.05) is 81.7 Å². The van der Waals surface area contributed by atoms with E-state index >= 15 is 0 Å². The highest BCUT2D eigenvalue weighted by Gasteiger charge is 2.20. The molecule has 0 unspecified atom stereocenters. The van der Waals surface area contributed by atoms with Crippen LogP contribution in [0.3, 0.4) is 0 Å². The Labute approximate surface area is 213 Å². The van der Waals surface area contributed by atoms with Crippen LogP contribution in [0.2, 0.25) is 0 Å². The predicted molar refractivity (Wildman–Crippen MR) is 146 cm³/mol. The molecule has 4 heterocycles. The van der Waals surface area contributed by atoms with Gasteiger partial charge >= 0.3 is 0 Å². The van der Waals surface area contributed by atoms with Crippen molar-refractivity contribution in [2.75, 3.05) is 5.32 Å². The Morgan fingerprint density at radius 1 is 0.973 bits per heavy atom. The molecule has 0 bridgehead atoms. The van der Waals surface area contributed by atoms with Crippen LogP contribution in [0.4, 0.5) is 5.82 Å². The Morgan fingerprint density at radius 2 is 1.84 bits per heavy atom. The number of hydrogen-bond donors (Lipinski definition) is 1. The van der Waals surface area contributed by atoms with Crippen LogP contribution in [-0.2, 0) is 7.05 Å². The summed E-state index contributed by atoms with van der Waals surface area (Å²) in [6.45, 7) is 4.05. The van der Waals surface area contributed by atoms with Crippen molar-refractivity contribution >= 4 is 27.6 Å². The van der Waals surface area contributed by atoms with Gasteiger partial charge in [0.1, 0.15) is 11.8 Å². The van der Waals surface area contributed by atoms with Gasteiger partial charge < -0.3 is 5.32 Å². The first kappa shape index (κ1) is 22.6. The highest BCUT2D eigenvalue weighted by atomic mass is 16.1. The molecule has 0 aliphatic carbocycles. The Bertz CT molecular complexity index is 1830. The molecule has 8 heteroatoms. The highest BCUT2D eigenvalue weighted by Crippen LogP contribution is 2.30. The number of hydrogen-bond acceptors (Lipinski definition) is 6. The van der Waals surface area contributed by atoms with E-state index in [9.17, 15) is 4.79 Å². The van der Waals surface area contributed by atoms with Gasteiger partial charge in [-0.3, -0.25) is 19.0 Å². The van der Waals surface area contributed by atoms with Crippen molar-refractivity contribution < 1.29 is 0 Å². The van der Waals surface area contributed by atoms with Gasteiger partial charge in [-0.15, -0.1) is 0 Å². The number of benzene rings is 2. The molecule has 4 aromatic heterocycles. The van der Waals surface area contributed by atoms with E-state index in [-0.39, 0.29) is 11.6 Å². The maximum atomic E-state index is 14.3. The minimum atomic E-state index is -0.264. The van der Waals surface area contributed by atoms with Gasteiger partial charge in [-0.2, -0.15) is 5.10 Å². The Hall–Kier alpha value is -4.85. The van der Waals surface area contributed by atoms with Crippen molar-refractivity contribution in [2.45, 2.75) is 19.9 Å². The van der Waals surface area contributed by atoms with Crippen LogP contribution < -0.4 is 10.9 Å². The Morgan fingerprint density at radius 3 is 2.65 bits per heavy atom. The monoisotopic (exact) mass is 487 g/mol. The Balaban J connectivity index is 1.58. The van der Waals surface area contributed by atoms with E-state index in [0.717, 1.165) is 39.0 Å². The lowest BCUT2D eigenvalue weighted by Gasteiger charge is -2.22. The fourth-order valence-electron chi connectivity index (χ4n) is 4.81. The molecular formula is C29H25N7O. The second-order valence-electron chi connectivity index (χ2n) is 9.18. The molecule has 182 valence electrons. The molecular weight excluding hydrogens is 462 g/mol. The van der Waals surface area contributed by atoms with Crippen LogP contribution in [0.25, 0.3) is 38.6 Å². The zero-order valence-corrected chi connectivity index (χ0v) is 20.8. The smallest absolute Gasteiger partial charge is 0.263 e. The maximum absolute atomic E-state index is 14.3. The maximum Gasteiger partial charge on any atom is 0.263 e. The van der Waals surface area contributed by atoms with Crippen LogP contribution in [0, 0.1) is 6.92 Å². The SMILES string of the molecule is Cc1cccc(-n2c([C@H](C)Nc3ncnc4cccnc34)cc3cccc(-c4cnn(C)c4)c3c2=O)c1. The number of nitrogens with zero attached hydrogens (tertiary/aromatic N) is 6. The quantitative estimate of drug-likeness (QED) is 0.359. The third-order valence-corrected chi connectivity index (χ3v) is 6.54. The van der Waals surface area contributed by atoms with Crippen molar-refractivity contribution in [1.82, 2.24) is 29.3 Å². The van der Waals surface area contributed by atoms with Crippen molar-refractivity contribution in [3.05, 3.63) is 107 Å². The second kappa shape index (κ2) is 8.98. The van der Waals surface area contributed by atoms with Crippen molar-refractivity contribution in [2.24, 2.45) is 7.05 Å². The summed E-state index contributed by atoms with van der Waals surface area (Å²) in [5.41, 5.74) is 5.80. The van der Waals surface area contributed by atoms with Gasteiger partial charge in [0.2, 0.25) is 0 Å². The van der Waals surface area contributed by atoms with Crippen LogP contribution in [0.1, 0.15) is 24.2 Å². The number of aromatic nitrogens is 6. The van der Waals surface area contributed by atoms with E-state index < -0.39 is 0 Å². The number of fused-ring (bicyclic) bond motifs is 2. The number of rotatable bonds is 5. The molecule has 2 aromatic carbocycles. The lowest BCUT2D eigenvalue weighted by molar-refractivity contribution is 0.768. The average molecular weight is 488 g/mol. The van der Waals surface area contributed by atoms with E-state index in [4.69, 9.17) is 0 Å². The van der Waals surface area contributed by atoms with E-state index in [2.05, 4.69) is 31.4 Å². The number of nitrogens with one attached hydrogen (secondary N) is 1. The van der Waals surface area contributed by atoms with Gasteiger partial charge in [0.05, 0.1) is 23.1 Å².